The molecule has 0 saturated heterocycles. The normalized spacial score (nSPS) is 10.5. The molecule has 1 aromatic rings. The average Bonchev–Trinajstić information content (AvgIpc) is 2.24. The molecule has 19 heavy (non-hydrogen) atoms. The van der Waals surface area contributed by atoms with Gasteiger partial charge in [-0.1, -0.05) is 0 Å². The number of benzene rings is 1. The Balaban J connectivity index is 0.00000324. The van der Waals surface area contributed by atoms with Gasteiger partial charge in [-0.25, -0.2) is 0 Å². The van der Waals surface area contributed by atoms with Gasteiger partial charge in [0, 0.05) is 11.6 Å². The zero-order chi connectivity index (χ0) is 13.9. The molecule has 0 bridgehead atoms. The predicted molar refractivity (Wildman–Crippen MR) is 56.2 cm³/mol. The van der Waals surface area contributed by atoms with Crippen molar-refractivity contribution in [1.29, 1.82) is 0 Å². The van der Waals surface area contributed by atoms with Crippen molar-refractivity contribution in [3.05, 3.63) is 33.9 Å². The van der Waals surface area contributed by atoms with Crippen molar-refractivity contribution < 1.29 is 78.8 Å². The molecule has 0 saturated carbocycles. The van der Waals surface area contributed by atoms with Crippen LogP contribution in [0.5, 0.6) is 5.75 Å². The summed E-state index contributed by atoms with van der Waals surface area (Å²) in [6, 6.07) is 2.72. The molecule has 0 spiro atoms. The zero-order valence-corrected chi connectivity index (χ0v) is 12.9. The van der Waals surface area contributed by atoms with Gasteiger partial charge in [-0.05, 0) is 12.1 Å². The fraction of sp³-hybridized carbons (Fsp3) is 0.125. The first-order chi connectivity index (χ1) is 8.20. The molecule has 0 aromatic heterocycles. The molecule has 6 nitrogen and oxygen atoms in total. The summed E-state index contributed by atoms with van der Waals surface area (Å²) in [7, 11) is 0. The van der Waals surface area contributed by atoms with Gasteiger partial charge in [-0.3, -0.25) is 14.9 Å². The molecule has 0 aliphatic rings. The van der Waals surface area contributed by atoms with Crippen molar-refractivity contribution in [1.82, 2.24) is 0 Å². The Labute approximate surface area is 148 Å². The first kappa shape index (κ1) is 18.4. The number of nitro groups is 1. The van der Waals surface area contributed by atoms with Gasteiger partial charge in [0.15, 0.2) is 5.75 Å². The van der Waals surface area contributed by atoms with Crippen molar-refractivity contribution in [2.24, 2.45) is 5.73 Å². The van der Waals surface area contributed by atoms with Gasteiger partial charge in [0.05, 0.1) is 11.4 Å². The van der Waals surface area contributed by atoms with Gasteiger partial charge in [0.1, 0.15) is 0 Å². The van der Waals surface area contributed by atoms with Crippen molar-refractivity contribution in [3.63, 3.8) is 0 Å². The van der Waals surface area contributed by atoms with Crippen molar-refractivity contribution >= 4 is 18.6 Å². The molecular weight excluding hydrogens is 295 g/mol. The van der Waals surface area contributed by atoms with E-state index in [0.29, 0.717) is 0 Å². The molecule has 0 heterocycles. The second-order valence-electron chi connectivity index (χ2n) is 3.33. The van der Waals surface area contributed by atoms with Gasteiger partial charge >= 0.3 is 64.0 Å². The van der Waals surface area contributed by atoms with Crippen LogP contribution in [0.15, 0.2) is 18.2 Å². The van der Waals surface area contributed by atoms with Crippen LogP contribution in [0, 0.1) is 10.1 Å². The standard InChI is InChI=1S/C8H7BF3N2O4.K/c10-9(11,12)4-18-7-2-1-5(8(13)15)3-6(7)14(16)17;/h1-3H,4H2,(H2,13,15);/q-1;+1. The molecular formula is C8H7BF3KN2O4. The van der Waals surface area contributed by atoms with Gasteiger partial charge in [-0.15, -0.1) is 0 Å². The van der Waals surface area contributed by atoms with Crippen LogP contribution in [0.25, 0.3) is 0 Å². The van der Waals surface area contributed by atoms with Crippen molar-refractivity contribution in [3.8, 4) is 5.75 Å². The molecule has 98 valence electrons. The first-order valence-corrected chi connectivity index (χ1v) is 4.63. The van der Waals surface area contributed by atoms with Crippen LogP contribution in [-0.2, 0) is 0 Å². The molecule has 1 rings (SSSR count). The molecule has 11 heteroatoms. The summed E-state index contributed by atoms with van der Waals surface area (Å²) >= 11 is 0. The summed E-state index contributed by atoms with van der Waals surface area (Å²) in [5, 5.41) is 10.6. The number of halogens is 3. The largest absolute Gasteiger partial charge is 1.00 e. The Morgan fingerprint density at radius 1 is 1.42 bits per heavy atom. The maximum Gasteiger partial charge on any atom is 1.00 e. The van der Waals surface area contributed by atoms with Crippen LogP contribution in [0.1, 0.15) is 10.4 Å². The number of nitrogens with zero attached hydrogens (tertiary/aromatic N) is 1. The maximum atomic E-state index is 12.0. The van der Waals surface area contributed by atoms with Gasteiger partial charge < -0.3 is 23.4 Å². The number of hydrogen-bond acceptors (Lipinski definition) is 4. The Bertz CT molecular complexity index is 497. The summed E-state index contributed by atoms with van der Waals surface area (Å²) in [6.45, 7) is -6.82. The molecule has 0 radical (unpaired) electrons. The van der Waals surface area contributed by atoms with Crippen molar-refractivity contribution in [2.45, 2.75) is 0 Å². The number of amides is 1. The SMILES string of the molecule is NC(=O)c1ccc(OC[B-](F)(F)F)c([N+](=O)[O-])c1.[K+]. The number of primary amides is 1. The van der Waals surface area contributed by atoms with E-state index in [9.17, 15) is 27.9 Å². The van der Waals surface area contributed by atoms with Crippen LogP contribution in [0.3, 0.4) is 0 Å². The summed E-state index contributed by atoms with van der Waals surface area (Å²) in [5.74, 6) is -1.49. The number of nitro benzene ring substituents is 1. The van der Waals surface area contributed by atoms with E-state index in [1.54, 1.807) is 0 Å². The summed E-state index contributed by atoms with van der Waals surface area (Å²) in [4.78, 5) is 20.5. The molecule has 0 atom stereocenters. The Morgan fingerprint density at radius 3 is 2.42 bits per heavy atom. The first-order valence-electron chi connectivity index (χ1n) is 4.63. The number of ether oxygens (including phenoxy) is 1. The predicted octanol–water partition coefficient (Wildman–Crippen LogP) is -1.54. The van der Waals surface area contributed by atoms with E-state index in [1.165, 1.54) is 0 Å². The van der Waals surface area contributed by atoms with Crippen LogP contribution >= 0.6 is 0 Å². The second-order valence-corrected chi connectivity index (χ2v) is 3.33. The van der Waals surface area contributed by atoms with E-state index >= 15 is 0 Å². The Kier molecular flexibility index (Phi) is 7.00. The maximum absolute atomic E-state index is 12.0. The molecule has 0 aliphatic carbocycles. The average molecular weight is 302 g/mol. The summed E-state index contributed by atoms with van der Waals surface area (Å²) in [6.07, 6.45) is 0. The monoisotopic (exact) mass is 302 g/mol. The Hall–Kier alpha value is -0.619. The molecule has 1 amide bonds. The fourth-order valence-electron chi connectivity index (χ4n) is 1.12. The Morgan fingerprint density at radius 2 is 2.00 bits per heavy atom. The van der Waals surface area contributed by atoms with Gasteiger partial charge in [0.2, 0.25) is 5.91 Å². The molecule has 0 aliphatic heterocycles. The smallest absolute Gasteiger partial charge is 0.517 e. The quantitative estimate of drug-likeness (QED) is 0.405. The van der Waals surface area contributed by atoms with Crippen molar-refractivity contribution in [2.75, 3.05) is 6.51 Å². The molecule has 2 N–H and O–H groups in total. The van der Waals surface area contributed by atoms with E-state index in [1.807, 2.05) is 0 Å². The number of carbonyl (C=O) groups is 1. The minimum atomic E-state index is -5.22. The number of hydrogen-bond donors (Lipinski definition) is 1. The van der Waals surface area contributed by atoms with Crippen LogP contribution in [-0.4, -0.2) is 24.3 Å². The number of nitrogens with two attached hydrogens (primary N) is 1. The van der Waals surface area contributed by atoms with Crippen LogP contribution in [0.2, 0.25) is 0 Å². The van der Waals surface area contributed by atoms with E-state index in [-0.39, 0.29) is 56.9 Å². The van der Waals surface area contributed by atoms with Gasteiger partial charge in [0.25, 0.3) is 0 Å². The topological polar surface area (TPSA) is 95.5 Å². The van der Waals surface area contributed by atoms with E-state index < -0.39 is 35.8 Å². The molecule has 0 unspecified atom stereocenters. The third kappa shape index (κ3) is 5.91. The summed E-state index contributed by atoms with van der Waals surface area (Å²) in [5.41, 5.74) is 3.96. The van der Waals surface area contributed by atoms with E-state index in [0.717, 1.165) is 18.2 Å². The van der Waals surface area contributed by atoms with E-state index in [2.05, 4.69) is 4.74 Å². The van der Waals surface area contributed by atoms with Gasteiger partial charge in [-0.2, -0.15) is 0 Å². The fourth-order valence-corrected chi connectivity index (χ4v) is 1.12. The van der Waals surface area contributed by atoms with E-state index in [4.69, 9.17) is 5.73 Å². The minimum Gasteiger partial charge on any atom is -0.517 e. The number of carbonyl (C=O) groups excluding carboxylic acids is 1. The molecule has 0 fully saturated rings. The third-order valence-corrected chi connectivity index (χ3v) is 1.87. The van der Waals surface area contributed by atoms with Crippen LogP contribution in [0.4, 0.5) is 18.6 Å². The minimum absolute atomic E-state index is 0. The number of rotatable bonds is 5. The zero-order valence-electron chi connectivity index (χ0n) is 9.81. The van der Waals surface area contributed by atoms with Crippen LogP contribution < -0.4 is 61.9 Å². The molecule has 1 aromatic carbocycles. The summed E-state index contributed by atoms with van der Waals surface area (Å²) < 4.78 is 40.2. The second kappa shape index (κ2) is 7.24. The third-order valence-electron chi connectivity index (χ3n) is 1.87.